The average molecular weight is 255 g/mol. The van der Waals surface area contributed by atoms with Crippen molar-refractivity contribution in [1.82, 2.24) is 9.38 Å². The van der Waals surface area contributed by atoms with E-state index in [0.29, 0.717) is 11.5 Å². The molecule has 1 N–H and O–H groups in total. The Morgan fingerprint density at radius 1 is 1.16 bits per heavy atom. The van der Waals surface area contributed by atoms with Crippen molar-refractivity contribution in [1.29, 1.82) is 0 Å². The number of imidazole rings is 1. The third-order valence-electron chi connectivity index (χ3n) is 2.72. The van der Waals surface area contributed by atoms with Crippen LogP contribution in [0.4, 0.5) is 10.2 Å². The summed E-state index contributed by atoms with van der Waals surface area (Å²) < 4.78 is 15.2. The summed E-state index contributed by atoms with van der Waals surface area (Å²) in [6.45, 7) is 0. The van der Waals surface area contributed by atoms with Gasteiger partial charge in [-0.25, -0.2) is 9.37 Å². The zero-order valence-corrected chi connectivity index (χ0v) is 9.88. The number of carbonyl (C=O) groups excluding carboxylic acids is 1. The van der Waals surface area contributed by atoms with Crippen molar-refractivity contribution in [3.8, 4) is 0 Å². The lowest BCUT2D eigenvalue weighted by Crippen LogP contribution is -2.13. The van der Waals surface area contributed by atoms with Gasteiger partial charge in [-0.1, -0.05) is 18.2 Å². The number of halogens is 1. The van der Waals surface area contributed by atoms with Crippen molar-refractivity contribution in [2.75, 3.05) is 5.32 Å². The lowest BCUT2D eigenvalue weighted by Gasteiger charge is -2.02. The van der Waals surface area contributed by atoms with Crippen LogP contribution < -0.4 is 5.32 Å². The number of rotatable bonds is 2. The molecule has 0 aliphatic rings. The number of pyridine rings is 1. The SMILES string of the molecule is O=C(Nc1cn2ccccc2n1)c1ccccc1F. The first kappa shape index (κ1) is 11.4. The third-order valence-corrected chi connectivity index (χ3v) is 2.72. The van der Waals surface area contributed by atoms with Crippen LogP contribution in [0.25, 0.3) is 5.65 Å². The molecule has 1 aromatic carbocycles. The van der Waals surface area contributed by atoms with E-state index < -0.39 is 11.7 Å². The van der Waals surface area contributed by atoms with E-state index in [0.717, 1.165) is 0 Å². The van der Waals surface area contributed by atoms with E-state index in [1.165, 1.54) is 18.2 Å². The van der Waals surface area contributed by atoms with Gasteiger partial charge in [0.2, 0.25) is 0 Å². The Bertz CT molecular complexity index is 718. The number of hydrogen-bond donors (Lipinski definition) is 1. The highest BCUT2D eigenvalue weighted by Crippen LogP contribution is 2.12. The van der Waals surface area contributed by atoms with Gasteiger partial charge in [-0.05, 0) is 24.3 Å². The second kappa shape index (κ2) is 4.53. The Hall–Kier alpha value is -2.69. The average Bonchev–Trinajstić information content (AvgIpc) is 2.81. The summed E-state index contributed by atoms with van der Waals surface area (Å²) in [5, 5.41) is 2.58. The number of fused-ring (bicyclic) bond motifs is 1. The molecule has 19 heavy (non-hydrogen) atoms. The van der Waals surface area contributed by atoms with Crippen molar-refractivity contribution in [2.24, 2.45) is 0 Å². The van der Waals surface area contributed by atoms with Gasteiger partial charge >= 0.3 is 0 Å². The molecule has 0 radical (unpaired) electrons. The molecule has 0 fully saturated rings. The van der Waals surface area contributed by atoms with E-state index in [9.17, 15) is 9.18 Å². The van der Waals surface area contributed by atoms with Gasteiger partial charge in [0.25, 0.3) is 5.91 Å². The van der Waals surface area contributed by atoms with Crippen LogP contribution in [0.15, 0.2) is 54.9 Å². The molecule has 2 aromatic heterocycles. The molecule has 0 spiro atoms. The standard InChI is InChI=1S/C14H10FN3O/c15-11-6-2-1-5-10(11)14(19)17-12-9-18-8-4-3-7-13(18)16-12/h1-9H,(H,17,19). The highest BCUT2D eigenvalue weighted by Gasteiger charge is 2.12. The van der Waals surface area contributed by atoms with Crippen LogP contribution in [-0.4, -0.2) is 15.3 Å². The summed E-state index contributed by atoms with van der Waals surface area (Å²) in [6.07, 6.45) is 3.50. The number of nitrogens with one attached hydrogen (secondary N) is 1. The van der Waals surface area contributed by atoms with E-state index in [2.05, 4.69) is 10.3 Å². The maximum absolute atomic E-state index is 13.5. The van der Waals surface area contributed by atoms with Crippen LogP contribution in [0.2, 0.25) is 0 Å². The Kier molecular flexibility index (Phi) is 2.72. The van der Waals surface area contributed by atoms with Gasteiger partial charge in [-0.3, -0.25) is 4.79 Å². The molecule has 0 unspecified atom stereocenters. The van der Waals surface area contributed by atoms with E-state index in [1.807, 2.05) is 24.4 Å². The van der Waals surface area contributed by atoms with Crippen LogP contribution in [0, 0.1) is 5.82 Å². The number of amides is 1. The van der Waals surface area contributed by atoms with Gasteiger partial charge in [0.15, 0.2) is 5.82 Å². The van der Waals surface area contributed by atoms with Crippen molar-refractivity contribution in [2.45, 2.75) is 0 Å². The van der Waals surface area contributed by atoms with Crippen LogP contribution in [-0.2, 0) is 0 Å². The zero-order chi connectivity index (χ0) is 13.2. The number of nitrogens with zero attached hydrogens (tertiary/aromatic N) is 2. The normalized spacial score (nSPS) is 10.6. The smallest absolute Gasteiger partial charge is 0.259 e. The highest BCUT2D eigenvalue weighted by atomic mass is 19.1. The summed E-state index contributed by atoms with van der Waals surface area (Å²) in [7, 11) is 0. The first-order chi connectivity index (χ1) is 9.24. The molecule has 94 valence electrons. The number of aromatic nitrogens is 2. The van der Waals surface area contributed by atoms with Crippen molar-refractivity contribution < 1.29 is 9.18 Å². The molecule has 1 amide bonds. The Labute approximate surface area is 108 Å². The molecular weight excluding hydrogens is 245 g/mol. The minimum atomic E-state index is -0.552. The maximum atomic E-state index is 13.5. The second-order valence-electron chi connectivity index (χ2n) is 4.03. The lowest BCUT2D eigenvalue weighted by atomic mass is 10.2. The molecule has 2 heterocycles. The summed E-state index contributed by atoms with van der Waals surface area (Å²) in [6, 6.07) is 11.4. The summed E-state index contributed by atoms with van der Waals surface area (Å²) >= 11 is 0. The van der Waals surface area contributed by atoms with E-state index >= 15 is 0 Å². The first-order valence-electron chi connectivity index (χ1n) is 5.74. The number of anilines is 1. The molecule has 0 saturated carbocycles. The predicted octanol–water partition coefficient (Wildman–Crippen LogP) is 2.73. The molecule has 0 aliphatic heterocycles. The number of carbonyl (C=O) groups is 1. The predicted molar refractivity (Wildman–Crippen MR) is 69.5 cm³/mol. The van der Waals surface area contributed by atoms with Crippen LogP contribution in [0.3, 0.4) is 0 Å². The largest absolute Gasteiger partial charge is 0.305 e. The minimum absolute atomic E-state index is 0.000411. The first-order valence-corrected chi connectivity index (χ1v) is 5.74. The van der Waals surface area contributed by atoms with E-state index in [4.69, 9.17) is 0 Å². The fourth-order valence-electron chi connectivity index (χ4n) is 1.82. The van der Waals surface area contributed by atoms with Gasteiger partial charge in [0.1, 0.15) is 11.5 Å². The summed E-state index contributed by atoms with van der Waals surface area (Å²) in [5.74, 6) is -0.676. The molecule has 0 bridgehead atoms. The summed E-state index contributed by atoms with van der Waals surface area (Å²) in [4.78, 5) is 16.1. The van der Waals surface area contributed by atoms with Gasteiger partial charge in [-0.15, -0.1) is 0 Å². The monoisotopic (exact) mass is 255 g/mol. The van der Waals surface area contributed by atoms with Crippen molar-refractivity contribution >= 4 is 17.4 Å². The van der Waals surface area contributed by atoms with Crippen molar-refractivity contribution in [3.05, 3.63) is 66.2 Å². The molecular formula is C14H10FN3O. The van der Waals surface area contributed by atoms with Gasteiger partial charge < -0.3 is 9.72 Å². The Balaban J connectivity index is 1.89. The fourth-order valence-corrected chi connectivity index (χ4v) is 1.82. The molecule has 4 nitrogen and oxygen atoms in total. The van der Waals surface area contributed by atoms with E-state index in [1.54, 1.807) is 16.7 Å². The van der Waals surface area contributed by atoms with Crippen LogP contribution in [0.1, 0.15) is 10.4 Å². The highest BCUT2D eigenvalue weighted by molar-refractivity contribution is 6.04. The molecule has 0 aliphatic carbocycles. The topological polar surface area (TPSA) is 46.4 Å². The van der Waals surface area contributed by atoms with Crippen molar-refractivity contribution in [3.63, 3.8) is 0 Å². The lowest BCUT2D eigenvalue weighted by molar-refractivity contribution is 0.102. The minimum Gasteiger partial charge on any atom is -0.305 e. The maximum Gasteiger partial charge on any atom is 0.259 e. The third kappa shape index (κ3) is 2.18. The van der Waals surface area contributed by atoms with E-state index in [-0.39, 0.29) is 5.56 Å². The van der Waals surface area contributed by atoms with Gasteiger partial charge in [0, 0.05) is 6.20 Å². The molecule has 3 aromatic rings. The summed E-state index contributed by atoms with van der Waals surface area (Å²) in [5.41, 5.74) is 0.714. The molecule has 5 heteroatoms. The van der Waals surface area contributed by atoms with Crippen LogP contribution >= 0.6 is 0 Å². The fraction of sp³-hybridized carbons (Fsp3) is 0. The number of hydrogen-bond acceptors (Lipinski definition) is 2. The van der Waals surface area contributed by atoms with Crippen LogP contribution in [0.5, 0.6) is 0 Å². The van der Waals surface area contributed by atoms with Gasteiger partial charge in [-0.2, -0.15) is 0 Å². The Morgan fingerprint density at radius 2 is 1.95 bits per heavy atom. The van der Waals surface area contributed by atoms with Gasteiger partial charge in [0.05, 0.1) is 11.8 Å². The Morgan fingerprint density at radius 3 is 2.74 bits per heavy atom. The number of benzene rings is 1. The quantitative estimate of drug-likeness (QED) is 0.765. The second-order valence-corrected chi connectivity index (χ2v) is 4.03. The molecule has 0 saturated heterocycles. The molecule has 3 rings (SSSR count). The molecule has 0 atom stereocenters. The zero-order valence-electron chi connectivity index (χ0n) is 9.88.